The van der Waals surface area contributed by atoms with Crippen LogP contribution in [0.2, 0.25) is 0 Å². The lowest BCUT2D eigenvalue weighted by atomic mass is 9.55. The van der Waals surface area contributed by atoms with Crippen LogP contribution in [0, 0.1) is 5.41 Å². The maximum atomic E-state index is 10.2. The third kappa shape index (κ3) is 2.07. The molecule has 0 aromatic rings. The Labute approximate surface area is 92.7 Å². The lowest BCUT2D eigenvalue weighted by Gasteiger charge is -2.54. The van der Waals surface area contributed by atoms with Crippen LogP contribution in [0.4, 0.5) is 0 Å². The second-order valence-electron chi connectivity index (χ2n) is 5.76. The Morgan fingerprint density at radius 2 is 1.80 bits per heavy atom. The highest BCUT2D eigenvalue weighted by Gasteiger charge is 2.52. The molecule has 0 unspecified atom stereocenters. The first-order valence-corrected chi connectivity index (χ1v) is 6.51. The number of hydrogen-bond acceptors (Lipinski definition) is 2. The van der Waals surface area contributed by atoms with E-state index in [4.69, 9.17) is 0 Å². The minimum atomic E-state index is -0.522. The van der Waals surface area contributed by atoms with E-state index in [1.54, 1.807) is 0 Å². The first kappa shape index (κ1) is 11.4. The van der Waals surface area contributed by atoms with Gasteiger partial charge in [-0.2, -0.15) is 0 Å². The quantitative estimate of drug-likeness (QED) is 0.703. The van der Waals surface area contributed by atoms with Crippen molar-refractivity contribution in [2.75, 3.05) is 0 Å². The molecule has 0 heterocycles. The zero-order valence-electron chi connectivity index (χ0n) is 9.84. The third-order valence-corrected chi connectivity index (χ3v) is 4.73. The largest absolute Gasteiger partial charge is 0.392 e. The van der Waals surface area contributed by atoms with Crippen molar-refractivity contribution in [3.8, 4) is 0 Å². The van der Waals surface area contributed by atoms with Crippen molar-refractivity contribution < 1.29 is 10.2 Å². The molecule has 3 saturated carbocycles. The molecule has 0 radical (unpaired) electrons. The van der Waals surface area contributed by atoms with E-state index in [1.807, 2.05) is 0 Å². The molecule has 2 nitrogen and oxygen atoms in total. The lowest BCUT2D eigenvalue weighted by molar-refractivity contribution is -0.163. The molecule has 15 heavy (non-hydrogen) atoms. The highest BCUT2D eigenvalue weighted by molar-refractivity contribution is 5.04. The molecule has 2 heteroatoms. The van der Waals surface area contributed by atoms with Crippen LogP contribution in [-0.2, 0) is 0 Å². The third-order valence-electron chi connectivity index (χ3n) is 4.73. The van der Waals surface area contributed by atoms with Gasteiger partial charge in [0.1, 0.15) is 0 Å². The minimum Gasteiger partial charge on any atom is -0.392 e. The van der Waals surface area contributed by atoms with E-state index in [0.717, 1.165) is 32.1 Å². The molecule has 2 N–H and O–H groups in total. The van der Waals surface area contributed by atoms with Crippen molar-refractivity contribution in [3.63, 3.8) is 0 Å². The van der Waals surface area contributed by atoms with Gasteiger partial charge in [0.05, 0.1) is 11.7 Å². The van der Waals surface area contributed by atoms with Crippen molar-refractivity contribution in [3.05, 3.63) is 0 Å². The fourth-order valence-electron chi connectivity index (χ4n) is 3.47. The van der Waals surface area contributed by atoms with Gasteiger partial charge in [0, 0.05) is 6.42 Å². The van der Waals surface area contributed by atoms with Crippen LogP contribution in [0.5, 0.6) is 0 Å². The maximum Gasteiger partial charge on any atom is 0.0673 e. The SMILES string of the molecule is CCCCCC12CCC(O)(CC1)C[C@H]2O. The zero-order chi connectivity index (χ0) is 10.9. The normalized spacial score (nSPS) is 44.6. The van der Waals surface area contributed by atoms with E-state index < -0.39 is 5.60 Å². The summed E-state index contributed by atoms with van der Waals surface area (Å²) in [4.78, 5) is 0. The molecule has 3 aliphatic carbocycles. The molecule has 2 bridgehead atoms. The number of aliphatic hydroxyl groups is 2. The molecular weight excluding hydrogens is 188 g/mol. The molecule has 0 amide bonds. The van der Waals surface area contributed by atoms with Crippen molar-refractivity contribution in [2.24, 2.45) is 5.41 Å². The molecule has 3 aliphatic rings. The molecule has 0 saturated heterocycles. The van der Waals surface area contributed by atoms with E-state index in [-0.39, 0.29) is 11.5 Å². The number of aliphatic hydroxyl groups excluding tert-OH is 1. The summed E-state index contributed by atoms with van der Waals surface area (Å²) in [6.07, 6.45) is 9.20. The average molecular weight is 212 g/mol. The van der Waals surface area contributed by atoms with Crippen LogP contribution in [0.25, 0.3) is 0 Å². The van der Waals surface area contributed by atoms with Gasteiger partial charge in [-0.15, -0.1) is 0 Å². The minimum absolute atomic E-state index is 0.166. The number of hydrogen-bond donors (Lipinski definition) is 2. The average Bonchev–Trinajstić information content (AvgIpc) is 2.20. The molecule has 0 spiro atoms. The predicted octanol–water partition coefficient (Wildman–Crippen LogP) is 2.62. The smallest absolute Gasteiger partial charge is 0.0673 e. The van der Waals surface area contributed by atoms with Crippen molar-refractivity contribution in [1.82, 2.24) is 0 Å². The fraction of sp³-hybridized carbons (Fsp3) is 1.00. The monoisotopic (exact) mass is 212 g/mol. The summed E-state index contributed by atoms with van der Waals surface area (Å²) < 4.78 is 0. The number of rotatable bonds is 4. The molecule has 3 rings (SSSR count). The van der Waals surface area contributed by atoms with Gasteiger partial charge in [0.15, 0.2) is 0 Å². The Kier molecular flexibility index (Phi) is 3.09. The van der Waals surface area contributed by atoms with Crippen LogP contribution in [0.1, 0.15) is 64.7 Å². The lowest BCUT2D eigenvalue weighted by Crippen LogP contribution is -2.54. The van der Waals surface area contributed by atoms with Gasteiger partial charge in [0.25, 0.3) is 0 Å². The number of fused-ring (bicyclic) bond motifs is 3. The van der Waals surface area contributed by atoms with Gasteiger partial charge in [-0.1, -0.05) is 26.2 Å². The van der Waals surface area contributed by atoms with Crippen LogP contribution in [-0.4, -0.2) is 21.9 Å². The first-order chi connectivity index (χ1) is 7.10. The van der Waals surface area contributed by atoms with Gasteiger partial charge in [-0.05, 0) is 37.5 Å². The summed E-state index contributed by atoms with van der Waals surface area (Å²) >= 11 is 0. The summed E-state index contributed by atoms with van der Waals surface area (Å²) in [5.74, 6) is 0. The summed E-state index contributed by atoms with van der Waals surface area (Å²) in [5.41, 5.74) is -0.356. The van der Waals surface area contributed by atoms with Crippen molar-refractivity contribution in [1.29, 1.82) is 0 Å². The predicted molar refractivity (Wildman–Crippen MR) is 60.6 cm³/mol. The molecule has 0 aromatic heterocycles. The molecule has 0 aromatic carbocycles. The van der Waals surface area contributed by atoms with Gasteiger partial charge >= 0.3 is 0 Å². The van der Waals surface area contributed by atoms with E-state index in [1.165, 1.54) is 19.3 Å². The Morgan fingerprint density at radius 3 is 2.33 bits per heavy atom. The van der Waals surface area contributed by atoms with E-state index in [9.17, 15) is 10.2 Å². The summed E-state index contributed by atoms with van der Waals surface area (Å²) in [6, 6.07) is 0. The van der Waals surface area contributed by atoms with Crippen molar-refractivity contribution in [2.45, 2.75) is 76.4 Å². The van der Waals surface area contributed by atoms with Crippen LogP contribution >= 0.6 is 0 Å². The summed E-state index contributed by atoms with van der Waals surface area (Å²) in [5, 5.41) is 20.3. The Hall–Kier alpha value is -0.0800. The van der Waals surface area contributed by atoms with Crippen molar-refractivity contribution >= 4 is 0 Å². The van der Waals surface area contributed by atoms with E-state index >= 15 is 0 Å². The Morgan fingerprint density at radius 1 is 1.13 bits per heavy atom. The van der Waals surface area contributed by atoms with Gasteiger partial charge < -0.3 is 10.2 Å². The molecular formula is C13H24O2. The highest BCUT2D eigenvalue weighted by Crippen LogP contribution is 2.54. The second-order valence-corrected chi connectivity index (χ2v) is 5.76. The Bertz CT molecular complexity index is 217. The molecule has 0 aliphatic heterocycles. The fourth-order valence-corrected chi connectivity index (χ4v) is 3.47. The summed E-state index contributed by atoms with van der Waals surface area (Å²) in [6.45, 7) is 2.22. The topological polar surface area (TPSA) is 40.5 Å². The second kappa shape index (κ2) is 4.06. The zero-order valence-corrected chi connectivity index (χ0v) is 9.84. The molecule has 1 atom stereocenters. The highest BCUT2D eigenvalue weighted by atomic mass is 16.3. The molecule has 3 fully saturated rings. The van der Waals surface area contributed by atoms with Crippen LogP contribution in [0.3, 0.4) is 0 Å². The molecule has 88 valence electrons. The Balaban J connectivity index is 1.96. The summed E-state index contributed by atoms with van der Waals surface area (Å²) in [7, 11) is 0. The van der Waals surface area contributed by atoms with Gasteiger partial charge in [-0.3, -0.25) is 0 Å². The van der Waals surface area contributed by atoms with E-state index in [0.29, 0.717) is 6.42 Å². The maximum absolute atomic E-state index is 10.2. The number of unbranched alkanes of at least 4 members (excludes halogenated alkanes) is 2. The van der Waals surface area contributed by atoms with Crippen LogP contribution in [0.15, 0.2) is 0 Å². The standard InChI is InChI=1S/C13H24O2/c1-2-3-4-5-12-6-8-13(15,9-7-12)10-11(12)14/h11,14-15H,2-10H2,1H3/t11-,12?,13?/m1/s1. The van der Waals surface area contributed by atoms with Crippen LogP contribution < -0.4 is 0 Å². The first-order valence-electron chi connectivity index (χ1n) is 6.51. The van der Waals surface area contributed by atoms with Gasteiger partial charge in [0.2, 0.25) is 0 Å². The van der Waals surface area contributed by atoms with Gasteiger partial charge in [-0.25, -0.2) is 0 Å². The van der Waals surface area contributed by atoms with E-state index in [2.05, 4.69) is 6.92 Å².